The molecule has 0 radical (unpaired) electrons. The number of phenolic OH excluding ortho intramolecular Hbond substituents is 1. The lowest BCUT2D eigenvalue weighted by molar-refractivity contribution is -0.406. The zero-order valence-electron chi connectivity index (χ0n) is 19.1. The molecular weight excluding hydrogens is 458 g/mol. The van der Waals surface area contributed by atoms with Gasteiger partial charge in [-0.15, -0.1) is 0 Å². The predicted octanol–water partition coefficient (Wildman–Crippen LogP) is 3.68. The molecule has 0 aromatic heterocycles. The Morgan fingerprint density at radius 3 is 2.50 bits per heavy atom. The zero-order valence-corrected chi connectivity index (χ0v) is 19.1. The molecule has 7 heteroatoms. The number of carbonyl (C=O) groups is 2. The molecule has 2 atom stereocenters. The van der Waals surface area contributed by atoms with Crippen LogP contribution in [0.2, 0.25) is 0 Å². The summed E-state index contributed by atoms with van der Waals surface area (Å²) in [5, 5.41) is 11.6. The summed E-state index contributed by atoms with van der Waals surface area (Å²) in [4.78, 5) is 25.3. The highest BCUT2D eigenvalue weighted by atomic mass is 16.7. The van der Waals surface area contributed by atoms with Gasteiger partial charge in [-0.2, -0.15) is 0 Å². The summed E-state index contributed by atoms with van der Waals surface area (Å²) in [6.45, 7) is 0. The monoisotopic (exact) mass is 480 g/mol. The van der Waals surface area contributed by atoms with E-state index in [1.165, 1.54) is 12.1 Å². The van der Waals surface area contributed by atoms with Crippen LogP contribution in [0.1, 0.15) is 21.5 Å². The second kappa shape index (κ2) is 8.25. The SMILES string of the molecule is [NH3+]C(Cc1ccccc1)C(=O)Oc1ccc2c3c(cccc13)OC1(C=CC(=O)c3c(O)cccc31)O2. The topological polar surface area (TPSA) is 110 Å². The first-order valence-electron chi connectivity index (χ1n) is 11.5. The van der Waals surface area contributed by atoms with Gasteiger partial charge in [-0.1, -0.05) is 48.5 Å². The van der Waals surface area contributed by atoms with Crippen molar-refractivity contribution in [2.45, 2.75) is 18.2 Å². The van der Waals surface area contributed by atoms with Crippen molar-refractivity contribution >= 4 is 22.5 Å². The molecule has 4 aromatic rings. The number of hydrogen-bond donors (Lipinski definition) is 2. The van der Waals surface area contributed by atoms with Crippen LogP contribution in [0.3, 0.4) is 0 Å². The molecule has 0 amide bonds. The third-order valence-electron chi connectivity index (χ3n) is 6.43. The quantitative estimate of drug-likeness (QED) is 0.341. The highest BCUT2D eigenvalue weighted by molar-refractivity contribution is 6.09. The lowest BCUT2D eigenvalue weighted by Gasteiger charge is -2.39. The van der Waals surface area contributed by atoms with Gasteiger partial charge in [0.1, 0.15) is 23.0 Å². The smallest absolute Gasteiger partial charge is 0.370 e. The lowest BCUT2D eigenvalue weighted by Crippen LogP contribution is -2.67. The van der Waals surface area contributed by atoms with Crippen molar-refractivity contribution in [3.8, 4) is 23.0 Å². The van der Waals surface area contributed by atoms with Crippen molar-refractivity contribution < 1.29 is 34.6 Å². The number of ether oxygens (including phenoxy) is 3. The van der Waals surface area contributed by atoms with E-state index in [1.807, 2.05) is 36.4 Å². The van der Waals surface area contributed by atoms with Crippen LogP contribution in [-0.4, -0.2) is 22.9 Å². The molecule has 0 fully saturated rings. The van der Waals surface area contributed by atoms with Crippen LogP contribution in [0.4, 0.5) is 0 Å². The molecule has 2 unspecified atom stereocenters. The molecule has 1 heterocycles. The average molecular weight is 480 g/mol. The summed E-state index contributed by atoms with van der Waals surface area (Å²) in [5.41, 5.74) is 5.54. The maximum atomic E-state index is 12.8. The van der Waals surface area contributed by atoms with Gasteiger partial charge in [0.05, 0.1) is 16.5 Å². The Labute approximate surface area is 206 Å². The largest absolute Gasteiger partial charge is 0.507 e. The van der Waals surface area contributed by atoms with E-state index < -0.39 is 17.8 Å². The molecule has 0 bridgehead atoms. The molecule has 1 aliphatic heterocycles. The van der Waals surface area contributed by atoms with Crippen molar-refractivity contribution in [3.63, 3.8) is 0 Å². The average Bonchev–Trinajstić information content (AvgIpc) is 2.88. The number of quaternary nitrogens is 1. The third kappa shape index (κ3) is 3.49. The molecule has 4 aromatic carbocycles. The molecule has 2 aliphatic rings. The zero-order chi connectivity index (χ0) is 24.9. The van der Waals surface area contributed by atoms with Gasteiger partial charge in [0.2, 0.25) is 0 Å². The molecule has 1 spiro atoms. The van der Waals surface area contributed by atoms with Gasteiger partial charge in [0.25, 0.3) is 5.79 Å². The van der Waals surface area contributed by atoms with Gasteiger partial charge >= 0.3 is 5.97 Å². The Morgan fingerprint density at radius 2 is 1.69 bits per heavy atom. The molecule has 4 N–H and O–H groups in total. The van der Waals surface area contributed by atoms with E-state index in [-0.39, 0.29) is 17.1 Å². The van der Waals surface area contributed by atoms with Gasteiger partial charge in [0.15, 0.2) is 11.8 Å². The standard InChI is InChI=1S/C29H21NO6/c30-20(16-17-6-2-1-3-7-17)28(33)34-23-12-13-25-26-18(23)8-4-11-24(26)35-29(36-25)15-14-22(32)27-19(29)9-5-10-21(27)31/h1-15,20,31H,16,30H2/p+1. The Balaban J connectivity index is 1.34. The van der Waals surface area contributed by atoms with Gasteiger partial charge in [-0.05, 0) is 42.0 Å². The van der Waals surface area contributed by atoms with Crippen LogP contribution >= 0.6 is 0 Å². The first kappa shape index (κ1) is 21.9. The maximum Gasteiger partial charge on any atom is 0.370 e. The van der Waals surface area contributed by atoms with Crippen molar-refractivity contribution in [1.29, 1.82) is 0 Å². The first-order chi connectivity index (χ1) is 17.4. The number of carbonyl (C=O) groups excluding carboxylic acids is 2. The number of fused-ring (bicyclic) bond motifs is 2. The van der Waals surface area contributed by atoms with Gasteiger partial charge in [0, 0.05) is 17.9 Å². The number of ketones is 1. The molecule has 178 valence electrons. The second-order valence-corrected chi connectivity index (χ2v) is 8.82. The minimum atomic E-state index is -1.42. The highest BCUT2D eigenvalue weighted by Gasteiger charge is 2.45. The Morgan fingerprint density at radius 1 is 0.944 bits per heavy atom. The van der Waals surface area contributed by atoms with Crippen molar-refractivity contribution in [2.24, 2.45) is 0 Å². The lowest BCUT2D eigenvalue weighted by atomic mass is 9.89. The van der Waals surface area contributed by atoms with E-state index in [1.54, 1.807) is 42.5 Å². The fourth-order valence-corrected chi connectivity index (χ4v) is 4.72. The van der Waals surface area contributed by atoms with Gasteiger partial charge in [-0.25, -0.2) is 4.79 Å². The van der Waals surface area contributed by atoms with Crippen LogP contribution < -0.4 is 19.9 Å². The van der Waals surface area contributed by atoms with Crippen molar-refractivity contribution in [2.75, 3.05) is 0 Å². The Bertz CT molecular complexity index is 1550. The summed E-state index contributed by atoms with van der Waals surface area (Å²) < 4.78 is 18.4. The normalized spacial score (nSPS) is 18.3. The maximum absolute atomic E-state index is 12.8. The molecule has 36 heavy (non-hydrogen) atoms. The Hall–Kier alpha value is -4.62. The van der Waals surface area contributed by atoms with Crippen LogP contribution in [0.25, 0.3) is 10.8 Å². The van der Waals surface area contributed by atoms with Gasteiger partial charge in [-0.3, -0.25) is 4.79 Å². The van der Waals surface area contributed by atoms with Crippen LogP contribution in [-0.2, 0) is 17.0 Å². The number of aromatic hydroxyl groups is 1. The van der Waals surface area contributed by atoms with E-state index in [9.17, 15) is 14.7 Å². The number of benzene rings is 4. The second-order valence-electron chi connectivity index (χ2n) is 8.82. The number of rotatable bonds is 4. The number of phenols is 1. The first-order valence-corrected chi connectivity index (χ1v) is 11.5. The molecule has 7 nitrogen and oxygen atoms in total. The fraction of sp³-hybridized carbons (Fsp3) is 0.103. The highest BCUT2D eigenvalue weighted by Crippen LogP contribution is 2.50. The van der Waals surface area contributed by atoms with E-state index >= 15 is 0 Å². The van der Waals surface area contributed by atoms with Crippen LogP contribution in [0.15, 0.2) is 91.0 Å². The molecule has 1 aliphatic carbocycles. The predicted molar refractivity (Wildman–Crippen MR) is 131 cm³/mol. The van der Waals surface area contributed by atoms with E-state index in [0.29, 0.717) is 40.0 Å². The summed E-state index contributed by atoms with van der Waals surface area (Å²) in [6, 6.07) is 22.7. The van der Waals surface area contributed by atoms with Crippen LogP contribution in [0, 0.1) is 0 Å². The van der Waals surface area contributed by atoms with E-state index in [2.05, 4.69) is 5.73 Å². The van der Waals surface area contributed by atoms with Crippen molar-refractivity contribution in [3.05, 3.63) is 108 Å². The fourth-order valence-electron chi connectivity index (χ4n) is 4.72. The third-order valence-corrected chi connectivity index (χ3v) is 6.43. The summed E-state index contributed by atoms with van der Waals surface area (Å²) in [6.07, 6.45) is 3.35. The number of hydrogen-bond acceptors (Lipinski definition) is 6. The van der Waals surface area contributed by atoms with Gasteiger partial charge < -0.3 is 25.1 Å². The molecule has 0 saturated heterocycles. The summed E-state index contributed by atoms with van der Waals surface area (Å²) in [7, 11) is 0. The van der Waals surface area contributed by atoms with Crippen LogP contribution in [0.5, 0.6) is 23.0 Å². The van der Waals surface area contributed by atoms with E-state index in [0.717, 1.165) is 5.56 Å². The summed E-state index contributed by atoms with van der Waals surface area (Å²) in [5.74, 6) is -0.964. The molecule has 0 saturated carbocycles. The minimum absolute atomic E-state index is 0.140. The molecular formula is C29H22NO6+. The van der Waals surface area contributed by atoms with E-state index in [4.69, 9.17) is 14.2 Å². The minimum Gasteiger partial charge on any atom is -0.507 e. The Kier molecular flexibility index (Phi) is 5.01. The summed E-state index contributed by atoms with van der Waals surface area (Å²) >= 11 is 0. The molecule has 6 rings (SSSR count). The number of esters is 1. The number of allylic oxidation sites excluding steroid dienone is 1. The van der Waals surface area contributed by atoms with Crippen molar-refractivity contribution in [1.82, 2.24) is 0 Å².